The van der Waals surface area contributed by atoms with Crippen molar-refractivity contribution in [1.82, 2.24) is 15.3 Å². The lowest BCUT2D eigenvalue weighted by molar-refractivity contribution is 0.342. The summed E-state index contributed by atoms with van der Waals surface area (Å²) in [6.07, 6.45) is 7.04. The van der Waals surface area contributed by atoms with E-state index in [1.165, 1.54) is 59.9 Å². The Labute approximate surface area is 184 Å². The van der Waals surface area contributed by atoms with Gasteiger partial charge in [-0.3, -0.25) is 0 Å². The van der Waals surface area contributed by atoms with Gasteiger partial charge in [0.05, 0.1) is 11.0 Å². The second kappa shape index (κ2) is 9.07. The zero-order chi connectivity index (χ0) is 21.0. The molecule has 1 aromatic heterocycles. The highest BCUT2D eigenvalue weighted by Crippen LogP contribution is 2.27. The van der Waals surface area contributed by atoms with Crippen LogP contribution >= 0.6 is 0 Å². The number of nitrogens with zero attached hydrogens (tertiary/aromatic N) is 1. The Morgan fingerprint density at radius 1 is 0.839 bits per heavy atom. The van der Waals surface area contributed by atoms with E-state index in [9.17, 15) is 0 Å². The molecule has 1 aliphatic carbocycles. The molecule has 0 spiro atoms. The fraction of sp³-hybridized carbons (Fsp3) is 0.321. The highest BCUT2D eigenvalue weighted by atomic mass is 14.9. The maximum Gasteiger partial charge on any atom is 0.104 e. The van der Waals surface area contributed by atoms with Crippen molar-refractivity contribution < 1.29 is 0 Å². The molecule has 0 bridgehead atoms. The minimum atomic E-state index is 0.870. The normalized spacial score (nSPS) is 14.9. The monoisotopic (exact) mass is 409 g/mol. The van der Waals surface area contributed by atoms with Crippen LogP contribution in [-0.4, -0.2) is 16.5 Å². The first-order valence-electron chi connectivity index (χ1n) is 11.6. The first-order valence-corrected chi connectivity index (χ1v) is 11.6. The van der Waals surface area contributed by atoms with Crippen LogP contribution in [-0.2, 0) is 6.54 Å². The summed E-state index contributed by atoms with van der Waals surface area (Å²) >= 11 is 0. The fourth-order valence-electron chi connectivity index (χ4n) is 4.84. The van der Waals surface area contributed by atoms with Gasteiger partial charge in [-0.05, 0) is 78.2 Å². The third-order valence-corrected chi connectivity index (χ3v) is 6.57. The number of aryl methyl sites for hydroxylation is 1. The van der Waals surface area contributed by atoms with Gasteiger partial charge < -0.3 is 10.3 Å². The Hall–Kier alpha value is -2.91. The summed E-state index contributed by atoms with van der Waals surface area (Å²) in [6, 6.07) is 24.2. The number of hydrogen-bond donors (Lipinski definition) is 2. The van der Waals surface area contributed by atoms with Crippen molar-refractivity contribution in [2.75, 3.05) is 6.54 Å². The lowest BCUT2D eigenvalue weighted by Gasteiger charge is -2.21. The summed E-state index contributed by atoms with van der Waals surface area (Å²) < 4.78 is 0. The first kappa shape index (κ1) is 20.0. The molecule has 3 nitrogen and oxygen atoms in total. The van der Waals surface area contributed by atoms with Crippen molar-refractivity contribution >= 4 is 11.0 Å². The maximum absolute atomic E-state index is 4.50. The van der Waals surface area contributed by atoms with E-state index in [-0.39, 0.29) is 0 Å². The van der Waals surface area contributed by atoms with Gasteiger partial charge in [0.1, 0.15) is 5.82 Å². The van der Waals surface area contributed by atoms with Gasteiger partial charge in [0.2, 0.25) is 0 Å². The molecule has 0 atom stereocenters. The van der Waals surface area contributed by atoms with Gasteiger partial charge in [-0.2, -0.15) is 0 Å². The molecule has 1 saturated carbocycles. The smallest absolute Gasteiger partial charge is 0.104 e. The van der Waals surface area contributed by atoms with Gasteiger partial charge in [0.15, 0.2) is 0 Å². The van der Waals surface area contributed by atoms with Crippen LogP contribution in [0.5, 0.6) is 0 Å². The SMILES string of the molecule is Cc1nc2ccc(-c3ccc(-c4cccc(CNCC5CCCCC5)c4)cc3)cc2[nH]1. The number of nitrogens with one attached hydrogen (secondary N) is 2. The zero-order valence-corrected chi connectivity index (χ0v) is 18.3. The summed E-state index contributed by atoms with van der Waals surface area (Å²) in [5.74, 6) is 1.82. The lowest BCUT2D eigenvalue weighted by Crippen LogP contribution is -2.24. The van der Waals surface area contributed by atoms with Gasteiger partial charge in [-0.25, -0.2) is 4.98 Å². The van der Waals surface area contributed by atoms with Crippen molar-refractivity contribution in [1.29, 1.82) is 0 Å². The molecule has 5 rings (SSSR count). The van der Waals surface area contributed by atoms with Crippen molar-refractivity contribution in [3.8, 4) is 22.3 Å². The average Bonchev–Trinajstić information content (AvgIpc) is 3.19. The molecule has 4 aromatic rings. The second-order valence-corrected chi connectivity index (χ2v) is 8.97. The summed E-state index contributed by atoms with van der Waals surface area (Å²) in [4.78, 5) is 7.83. The molecule has 3 heteroatoms. The molecular weight excluding hydrogens is 378 g/mol. The van der Waals surface area contributed by atoms with E-state index in [4.69, 9.17) is 0 Å². The average molecular weight is 410 g/mol. The van der Waals surface area contributed by atoms with Crippen molar-refractivity contribution in [3.63, 3.8) is 0 Å². The molecule has 1 aliphatic rings. The van der Waals surface area contributed by atoms with Crippen LogP contribution in [0.3, 0.4) is 0 Å². The van der Waals surface area contributed by atoms with E-state index in [1.807, 2.05) is 6.92 Å². The Bertz CT molecular complexity index is 1150. The molecule has 31 heavy (non-hydrogen) atoms. The van der Waals surface area contributed by atoms with E-state index >= 15 is 0 Å². The number of imidazole rings is 1. The van der Waals surface area contributed by atoms with Crippen molar-refractivity contribution in [2.45, 2.75) is 45.6 Å². The molecule has 0 saturated heterocycles. The molecule has 1 heterocycles. The van der Waals surface area contributed by atoms with E-state index < -0.39 is 0 Å². The van der Waals surface area contributed by atoms with Crippen LogP contribution in [0, 0.1) is 12.8 Å². The van der Waals surface area contributed by atoms with Crippen LogP contribution < -0.4 is 5.32 Å². The van der Waals surface area contributed by atoms with Crippen LogP contribution in [0.1, 0.15) is 43.5 Å². The summed E-state index contributed by atoms with van der Waals surface area (Å²) in [5, 5.41) is 3.69. The molecular formula is C28H31N3. The van der Waals surface area contributed by atoms with Gasteiger partial charge in [0.25, 0.3) is 0 Å². The molecule has 0 amide bonds. The largest absolute Gasteiger partial charge is 0.342 e. The number of fused-ring (bicyclic) bond motifs is 1. The minimum Gasteiger partial charge on any atom is -0.342 e. The summed E-state index contributed by atoms with van der Waals surface area (Å²) in [5.41, 5.74) is 8.45. The molecule has 3 aromatic carbocycles. The topological polar surface area (TPSA) is 40.7 Å². The number of hydrogen-bond acceptors (Lipinski definition) is 2. The van der Waals surface area contributed by atoms with Crippen LogP contribution in [0.2, 0.25) is 0 Å². The number of H-pyrrole nitrogens is 1. The van der Waals surface area contributed by atoms with E-state index in [0.29, 0.717) is 0 Å². The Morgan fingerprint density at radius 2 is 1.55 bits per heavy atom. The van der Waals surface area contributed by atoms with Crippen molar-refractivity contribution in [2.24, 2.45) is 5.92 Å². The molecule has 158 valence electrons. The van der Waals surface area contributed by atoms with Crippen LogP contribution in [0.25, 0.3) is 33.3 Å². The lowest BCUT2D eigenvalue weighted by atomic mass is 9.89. The highest BCUT2D eigenvalue weighted by Gasteiger charge is 2.12. The molecule has 1 fully saturated rings. The maximum atomic E-state index is 4.50. The second-order valence-electron chi connectivity index (χ2n) is 8.97. The first-order chi connectivity index (χ1) is 15.2. The van der Waals surface area contributed by atoms with Gasteiger partial charge in [-0.15, -0.1) is 0 Å². The van der Waals surface area contributed by atoms with Crippen molar-refractivity contribution in [3.05, 3.63) is 78.1 Å². The molecule has 0 unspecified atom stereocenters. The summed E-state index contributed by atoms with van der Waals surface area (Å²) in [7, 11) is 0. The molecule has 2 N–H and O–H groups in total. The molecule has 0 aliphatic heterocycles. The predicted molar refractivity (Wildman–Crippen MR) is 130 cm³/mol. The van der Waals surface area contributed by atoms with Gasteiger partial charge in [-0.1, -0.05) is 67.8 Å². The van der Waals surface area contributed by atoms with Crippen LogP contribution in [0.4, 0.5) is 0 Å². The van der Waals surface area contributed by atoms with Gasteiger partial charge >= 0.3 is 0 Å². The quantitative estimate of drug-likeness (QED) is 0.364. The molecule has 0 radical (unpaired) electrons. The number of rotatable bonds is 6. The van der Waals surface area contributed by atoms with E-state index in [2.05, 4.69) is 82.0 Å². The van der Waals surface area contributed by atoms with E-state index in [0.717, 1.165) is 35.9 Å². The number of aromatic nitrogens is 2. The number of aromatic amines is 1. The Balaban J connectivity index is 1.27. The van der Waals surface area contributed by atoms with Crippen LogP contribution in [0.15, 0.2) is 66.7 Å². The third-order valence-electron chi connectivity index (χ3n) is 6.57. The predicted octanol–water partition coefficient (Wildman–Crippen LogP) is 6.88. The van der Waals surface area contributed by atoms with Gasteiger partial charge in [0, 0.05) is 6.54 Å². The summed E-state index contributed by atoms with van der Waals surface area (Å²) in [6.45, 7) is 4.10. The highest BCUT2D eigenvalue weighted by molar-refractivity contribution is 5.82. The zero-order valence-electron chi connectivity index (χ0n) is 18.3. The standard InChI is InChI=1S/C28H31N3/c1-20-30-27-15-14-26(17-28(27)31-20)24-12-10-23(11-13-24)25-9-5-8-22(16-25)19-29-18-21-6-3-2-4-7-21/h5,8-17,21,29H,2-4,6-7,18-19H2,1H3,(H,30,31). The Morgan fingerprint density at radius 3 is 2.32 bits per heavy atom. The van der Waals surface area contributed by atoms with E-state index in [1.54, 1.807) is 0 Å². The number of benzene rings is 3. The third kappa shape index (κ3) is 4.72. The fourth-order valence-corrected chi connectivity index (χ4v) is 4.84. The minimum absolute atomic E-state index is 0.870. The Kier molecular flexibility index (Phi) is 5.86.